The molecule has 0 aromatic heterocycles. The van der Waals surface area contributed by atoms with Crippen molar-refractivity contribution in [3.05, 3.63) is 56.2 Å². The molecule has 1 aliphatic rings. The Kier molecular flexibility index (Phi) is 3.80. The Morgan fingerprint density at radius 1 is 1.10 bits per heavy atom. The Bertz CT molecular complexity index is 677. The van der Waals surface area contributed by atoms with E-state index >= 15 is 0 Å². The number of halogens is 3. The van der Waals surface area contributed by atoms with Gasteiger partial charge in [0.15, 0.2) is 0 Å². The van der Waals surface area contributed by atoms with Crippen LogP contribution in [0, 0.1) is 15.2 Å². The fraction of sp³-hybridized carbons (Fsp3) is 0.294. The van der Waals surface area contributed by atoms with E-state index in [1.807, 2.05) is 6.07 Å². The average molecular weight is 384 g/mol. The van der Waals surface area contributed by atoms with E-state index in [1.54, 1.807) is 22.6 Å². The molecular weight excluding hydrogens is 369 g/mol. The molecule has 0 bridgehead atoms. The lowest BCUT2D eigenvalue weighted by atomic mass is 9.84. The summed E-state index contributed by atoms with van der Waals surface area (Å²) >= 11 is 1.74. The molecule has 0 spiro atoms. The van der Waals surface area contributed by atoms with Gasteiger partial charge < -0.3 is 0 Å². The molecule has 0 amide bonds. The molecule has 0 nitrogen and oxygen atoms in total. The summed E-state index contributed by atoms with van der Waals surface area (Å²) in [6.45, 7) is 2.15. The summed E-state index contributed by atoms with van der Waals surface area (Å²) in [4.78, 5) is 0. The molecule has 0 N–H and O–H groups in total. The quantitative estimate of drug-likeness (QED) is 0.488. The normalized spacial score (nSPS) is 13.0. The Morgan fingerprint density at radius 2 is 1.90 bits per heavy atom. The Morgan fingerprint density at radius 3 is 2.65 bits per heavy atom. The van der Waals surface area contributed by atoms with Crippen molar-refractivity contribution in [1.82, 2.24) is 0 Å². The number of rotatable bonds is 2. The highest BCUT2D eigenvalue weighted by atomic mass is 127. The molecule has 0 heterocycles. The monoisotopic (exact) mass is 384 g/mol. The molecular formula is C17H15F2I. The van der Waals surface area contributed by atoms with Crippen molar-refractivity contribution in [1.29, 1.82) is 0 Å². The summed E-state index contributed by atoms with van der Waals surface area (Å²) in [5, 5.41) is 0. The first-order valence-electron chi connectivity index (χ1n) is 6.90. The molecule has 2 aromatic rings. The molecule has 3 rings (SSSR count). The van der Waals surface area contributed by atoms with Crippen molar-refractivity contribution in [3.8, 4) is 11.1 Å². The first kappa shape index (κ1) is 14.0. The van der Waals surface area contributed by atoms with Crippen molar-refractivity contribution in [2.75, 3.05) is 0 Å². The number of fused-ring (bicyclic) bond motifs is 3. The zero-order valence-electron chi connectivity index (χ0n) is 11.3. The molecule has 104 valence electrons. The van der Waals surface area contributed by atoms with Crippen LogP contribution in [-0.4, -0.2) is 0 Å². The molecule has 0 radical (unpaired) electrons. The smallest absolute Gasteiger partial charge is 0.143 e. The van der Waals surface area contributed by atoms with Gasteiger partial charge in [0.1, 0.15) is 11.6 Å². The van der Waals surface area contributed by atoms with E-state index in [9.17, 15) is 8.78 Å². The summed E-state index contributed by atoms with van der Waals surface area (Å²) in [5.41, 5.74) is 4.89. The maximum absolute atomic E-state index is 14.2. The van der Waals surface area contributed by atoms with Gasteiger partial charge in [-0.2, -0.15) is 0 Å². The van der Waals surface area contributed by atoms with Gasteiger partial charge in [0.2, 0.25) is 0 Å². The SMILES string of the molecule is CCCc1ccc2c(c1)CCc1c-2cc(F)c(I)c1F. The van der Waals surface area contributed by atoms with Crippen LogP contribution in [0.2, 0.25) is 0 Å². The van der Waals surface area contributed by atoms with Crippen LogP contribution < -0.4 is 0 Å². The maximum Gasteiger partial charge on any atom is 0.143 e. The van der Waals surface area contributed by atoms with E-state index in [0.29, 0.717) is 12.0 Å². The summed E-state index contributed by atoms with van der Waals surface area (Å²) in [5.74, 6) is -0.851. The van der Waals surface area contributed by atoms with Crippen LogP contribution in [0.15, 0.2) is 24.3 Å². The standard InChI is InChI=1S/C17H15F2I/c1-2-3-10-4-6-12-11(8-10)5-7-13-14(12)9-15(18)17(20)16(13)19/h4,6,8-9H,2-3,5,7H2,1H3. The van der Waals surface area contributed by atoms with Crippen LogP contribution in [0.3, 0.4) is 0 Å². The van der Waals surface area contributed by atoms with Crippen molar-refractivity contribution in [2.24, 2.45) is 0 Å². The van der Waals surface area contributed by atoms with Crippen molar-refractivity contribution in [2.45, 2.75) is 32.6 Å². The average Bonchev–Trinajstić information content (AvgIpc) is 2.45. The summed E-state index contributed by atoms with van der Waals surface area (Å²) in [6.07, 6.45) is 3.64. The first-order valence-corrected chi connectivity index (χ1v) is 7.98. The molecule has 1 aliphatic carbocycles. The largest absolute Gasteiger partial charge is 0.206 e. The Hall–Kier alpha value is -0.970. The van der Waals surface area contributed by atoms with E-state index < -0.39 is 5.82 Å². The number of hydrogen-bond donors (Lipinski definition) is 0. The third-order valence-electron chi connectivity index (χ3n) is 3.91. The van der Waals surface area contributed by atoms with Gasteiger partial charge in [0, 0.05) is 0 Å². The molecule has 0 saturated carbocycles. The van der Waals surface area contributed by atoms with Crippen LogP contribution in [0.1, 0.15) is 30.0 Å². The van der Waals surface area contributed by atoms with Gasteiger partial charge in [0.25, 0.3) is 0 Å². The zero-order valence-corrected chi connectivity index (χ0v) is 13.4. The van der Waals surface area contributed by atoms with Gasteiger partial charge in [-0.05, 0) is 75.7 Å². The van der Waals surface area contributed by atoms with E-state index in [0.717, 1.165) is 30.4 Å². The molecule has 0 atom stereocenters. The third-order valence-corrected chi connectivity index (χ3v) is 4.90. The van der Waals surface area contributed by atoms with Gasteiger partial charge >= 0.3 is 0 Å². The molecule has 0 saturated heterocycles. The topological polar surface area (TPSA) is 0 Å². The molecule has 20 heavy (non-hydrogen) atoms. The maximum atomic E-state index is 14.2. The van der Waals surface area contributed by atoms with Crippen molar-refractivity contribution < 1.29 is 8.78 Å². The summed E-state index contributed by atoms with van der Waals surface area (Å²) in [7, 11) is 0. The van der Waals surface area contributed by atoms with Crippen LogP contribution in [0.4, 0.5) is 8.78 Å². The minimum absolute atomic E-state index is 0.104. The fourth-order valence-corrected chi connectivity index (χ4v) is 3.42. The number of aryl methyl sites for hydroxylation is 2. The van der Waals surface area contributed by atoms with E-state index in [1.165, 1.54) is 17.2 Å². The van der Waals surface area contributed by atoms with Gasteiger partial charge in [-0.3, -0.25) is 0 Å². The van der Waals surface area contributed by atoms with Crippen molar-refractivity contribution in [3.63, 3.8) is 0 Å². The van der Waals surface area contributed by atoms with Gasteiger partial charge in [0.05, 0.1) is 3.57 Å². The van der Waals surface area contributed by atoms with Crippen LogP contribution in [0.25, 0.3) is 11.1 Å². The lowest BCUT2D eigenvalue weighted by molar-refractivity contribution is 0.559. The lowest BCUT2D eigenvalue weighted by Gasteiger charge is -2.22. The predicted molar refractivity (Wildman–Crippen MR) is 85.9 cm³/mol. The highest BCUT2D eigenvalue weighted by Crippen LogP contribution is 2.37. The van der Waals surface area contributed by atoms with E-state index in [2.05, 4.69) is 19.1 Å². The molecule has 0 aliphatic heterocycles. The minimum Gasteiger partial charge on any atom is -0.206 e. The second-order valence-electron chi connectivity index (χ2n) is 5.25. The first-order chi connectivity index (χ1) is 9.61. The highest BCUT2D eigenvalue weighted by Gasteiger charge is 2.23. The Balaban J connectivity index is 2.16. The van der Waals surface area contributed by atoms with Gasteiger partial charge in [-0.25, -0.2) is 8.78 Å². The van der Waals surface area contributed by atoms with Crippen LogP contribution in [-0.2, 0) is 19.3 Å². The fourth-order valence-electron chi connectivity index (χ4n) is 2.94. The van der Waals surface area contributed by atoms with E-state index in [-0.39, 0.29) is 9.39 Å². The second-order valence-corrected chi connectivity index (χ2v) is 6.33. The number of benzene rings is 2. The van der Waals surface area contributed by atoms with Gasteiger partial charge in [-0.1, -0.05) is 31.5 Å². The Labute approximate surface area is 131 Å². The predicted octanol–water partition coefficient (Wildman–Crippen LogP) is 5.29. The van der Waals surface area contributed by atoms with Gasteiger partial charge in [-0.15, -0.1) is 0 Å². The van der Waals surface area contributed by atoms with E-state index in [4.69, 9.17) is 0 Å². The number of hydrogen-bond acceptors (Lipinski definition) is 0. The van der Waals surface area contributed by atoms with Crippen molar-refractivity contribution >= 4 is 22.6 Å². The second kappa shape index (κ2) is 5.43. The third kappa shape index (κ3) is 2.26. The molecule has 0 unspecified atom stereocenters. The van der Waals surface area contributed by atoms with Crippen LogP contribution >= 0.6 is 22.6 Å². The summed E-state index contributed by atoms with van der Waals surface area (Å²) < 4.78 is 28.1. The molecule has 3 heteroatoms. The highest BCUT2D eigenvalue weighted by molar-refractivity contribution is 14.1. The summed E-state index contributed by atoms with van der Waals surface area (Å²) in [6, 6.07) is 7.77. The zero-order chi connectivity index (χ0) is 14.3. The van der Waals surface area contributed by atoms with Crippen LogP contribution in [0.5, 0.6) is 0 Å². The molecule has 0 fully saturated rings. The molecule has 2 aromatic carbocycles. The lowest BCUT2D eigenvalue weighted by Crippen LogP contribution is -2.09. The minimum atomic E-state index is -0.465.